The third-order valence-electron chi connectivity index (χ3n) is 19.2. The van der Waals surface area contributed by atoms with E-state index in [1.165, 1.54) is 87.8 Å². The minimum atomic E-state index is -0.225. The number of hydrogen-bond acceptors (Lipinski definition) is 6. The maximum absolute atomic E-state index is 6.48. The van der Waals surface area contributed by atoms with Crippen molar-refractivity contribution < 1.29 is 18.9 Å². The van der Waals surface area contributed by atoms with Gasteiger partial charge in [-0.15, -0.1) is 0 Å². The average molecular weight is 1210 g/mol. The second kappa shape index (κ2) is 33.4. The van der Waals surface area contributed by atoms with Crippen LogP contribution >= 0.6 is 0 Å². The number of unbranched alkanes of at least 4 members (excludes halogenated alkanes) is 4. The summed E-state index contributed by atoms with van der Waals surface area (Å²) in [7, 11) is 0. The Hall–Kier alpha value is -7.90. The summed E-state index contributed by atoms with van der Waals surface area (Å²) in [6, 6.07) is 69.6. The largest absolute Gasteiger partial charge is 0.493 e. The summed E-state index contributed by atoms with van der Waals surface area (Å²) in [5, 5.41) is 10.4. The molecule has 10 rings (SSSR count). The van der Waals surface area contributed by atoms with E-state index in [-0.39, 0.29) is 6.98 Å². The lowest BCUT2D eigenvalue weighted by Gasteiger charge is -2.27. The van der Waals surface area contributed by atoms with Crippen molar-refractivity contribution in [1.29, 1.82) is 0 Å². The van der Waals surface area contributed by atoms with Gasteiger partial charge in [0.15, 0.2) is 0 Å². The van der Waals surface area contributed by atoms with Gasteiger partial charge in [-0.2, -0.15) is 0 Å². The maximum atomic E-state index is 6.48. The molecule has 0 saturated carbocycles. The molecule has 0 spiro atoms. The molecule has 9 aromatic rings. The van der Waals surface area contributed by atoms with Gasteiger partial charge in [0.1, 0.15) is 23.0 Å². The number of ether oxygens (including phenoxy) is 4. The van der Waals surface area contributed by atoms with E-state index < -0.39 is 0 Å². The normalized spacial score (nSPS) is 13.3. The Morgan fingerprint density at radius 3 is 0.802 bits per heavy atom. The monoisotopic (exact) mass is 1210 g/mol. The van der Waals surface area contributed by atoms with Crippen LogP contribution in [-0.2, 0) is 0 Å². The van der Waals surface area contributed by atoms with Gasteiger partial charge in [0.25, 0.3) is 0 Å². The molecule has 1 heterocycles. The van der Waals surface area contributed by atoms with Crippen molar-refractivity contribution in [2.45, 2.75) is 158 Å². The van der Waals surface area contributed by atoms with E-state index in [4.69, 9.17) is 18.9 Å². The molecule has 0 fully saturated rings. The molecule has 0 saturated heterocycles. The Morgan fingerprint density at radius 1 is 0.297 bits per heavy atom. The maximum Gasteiger partial charge on any atom is 0.406 e. The van der Waals surface area contributed by atoms with Crippen LogP contribution in [0.3, 0.4) is 0 Å². The lowest BCUT2D eigenvalue weighted by atomic mass is 9.65. The average Bonchev–Trinajstić information content (AvgIpc) is 0.864. The van der Waals surface area contributed by atoms with Gasteiger partial charge in [-0.3, -0.25) is 0 Å². The van der Waals surface area contributed by atoms with Crippen molar-refractivity contribution in [2.24, 2.45) is 23.7 Å². The van der Waals surface area contributed by atoms with Crippen LogP contribution in [0.2, 0.25) is 0 Å². The van der Waals surface area contributed by atoms with Gasteiger partial charge in [0.05, 0.1) is 26.4 Å². The Bertz CT molecular complexity index is 3290. The summed E-state index contributed by atoms with van der Waals surface area (Å²) < 4.78 is 25.9. The van der Waals surface area contributed by atoms with Crippen LogP contribution in [0, 0.1) is 23.7 Å². The molecule has 1 aliphatic heterocycles. The molecule has 0 bridgehead atoms. The molecule has 1 aliphatic rings. The number of nitrogens with one attached hydrogen (secondary N) is 2. The molecule has 4 atom stereocenters. The quantitative estimate of drug-likeness (QED) is 0.0386. The van der Waals surface area contributed by atoms with Crippen LogP contribution < -0.4 is 34.9 Å². The first kappa shape index (κ1) is 66.0. The molecule has 7 heteroatoms. The minimum Gasteiger partial charge on any atom is -0.493 e. The summed E-state index contributed by atoms with van der Waals surface area (Å²) in [5.41, 5.74) is 16.9. The van der Waals surface area contributed by atoms with E-state index in [1.807, 2.05) is 0 Å². The highest BCUT2D eigenvalue weighted by atomic mass is 16.5. The van der Waals surface area contributed by atoms with Gasteiger partial charge in [-0.25, -0.2) is 0 Å². The zero-order valence-corrected chi connectivity index (χ0v) is 56.1. The van der Waals surface area contributed by atoms with Crippen molar-refractivity contribution in [3.8, 4) is 89.8 Å². The number of rotatable bonds is 35. The second-order valence-electron chi connectivity index (χ2n) is 25.9. The summed E-state index contributed by atoms with van der Waals surface area (Å²) in [4.78, 5) is 0. The third kappa shape index (κ3) is 17.8. The SMILES string of the molecule is CCCCC(CC)COc1ccc(-c2cc(-c3ccc(OCC(CC)CCCC)cc3)cc(-c3cc(B4Nc5cccc6cccc(c56)N4)cc(-c4cc(-c5ccc(OCC(CC)CCCC)cc5)cc(-c5ccc(OCC(CC)CCCC)cc5)c4)c3)c2)cc1. The van der Waals surface area contributed by atoms with E-state index in [9.17, 15) is 0 Å². The highest BCUT2D eigenvalue weighted by Crippen LogP contribution is 2.40. The number of hydrogen-bond donors (Lipinski definition) is 2. The van der Waals surface area contributed by atoms with Crippen molar-refractivity contribution >= 4 is 34.6 Å². The molecular weight excluding hydrogens is 1110 g/mol. The van der Waals surface area contributed by atoms with Crippen molar-refractivity contribution in [1.82, 2.24) is 0 Å². The van der Waals surface area contributed by atoms with Gasteiger partial charge in [-0.1, -0.05) is 217 Å². The van der Waals surface area contributed by atoms with Gasteiger partial charge < -0.3 is 29.4 Å². The Morgan fingerprint density at radius 2 is 0.549 bits per heavy atom. The Balaban J connectivity index is 1.09. The number of benzene rings is 9. The zero-order valence-electron chi connectivity index (χ0n) is 56.1. The predicted octanol–water partition coefficient (Wildman–Crippen LogP) is 23.5. The molecule has 2 N–H and O–H groups in total. The lowest BCUT2D eigenvalue weighted by molar-refractivity contribution is 0.233. The van der Waals surface area contributed by atoms with Crippen LogP contribution in [0.4, 0.5) is 11.4 Å². The van der Waals surface area contributed by atoms with E-state index in [1.54, 1.807) is 0 Å². The molecule has 474 valence electrons. The van der Waals surface area contributed by atoms with Crippen LogP contribution in [0.15, 0.2) is 188 Å². The van der Waals surface area contributed by atoms with Crippen LogP contribution in [0.1, 0.15) is 158 Å². The fraction of sp³-hybridized carbons (Fsp3) is 0.381. The summed E-state index contributed by atoms with van der Waals surface area (Å²) in [6.45, 7) is 20.9. The summed E-state index contributed by atoms with van der Waals surface area (Å²) in [6.07, 6.45) is 19.0. The second-order valence-corrected chi connectivity index (χ2v) is 25.9. The lowest BCUT2D eigenvalue weighted by Crippen LogP contribution is -2.48. The summed E-state index contributed by atoms with van der Waals surface area (Å²) in [5.74, 6) is 5.86. The van der Waals surface area contributed by atoms with Crippen molar-refractivity contribution in [3.63, 3.8) is 0 Å². The molecule has 4 unspecified atom stereocenters. The molecule has 9 aromatic carbocycles. The standard InChI is InChI=1S/C84H101BN2O4/c1-9-17-23-60(13-5)56-88-78-39-31-64(32-40-78)69-47-70(65-33-41-79(42-34-65)89-57-61(14-6)24-18-10-2)50-73(49-69)75-53-76(55-77(54-75)85-86-82-29-21-27-68-28-22-30-83(87-85)84(68)82)74-51-71(66-35-43-80(44-36-66)90-58-62(15-7)25-19-11-3)48-72(52-74)67-37-45-81(46-38-67)91-59-63(16-8)26-20-12-4/h21-22,27-55,60-63,86-87H,9-20,23-26,56-59H2,1-8H3. The Labute approximate surface area is 547 Å². The molecule has 0 aliphatic carbocycles. The van der Waals surface area contributed by atoms with Crippen LogP contribution in [0.25, 0.3) is 77.5 Å². The van der Waals surface area contributed by atoms with Gasteiger partial charge in [0.2, 0.25) is 0 Å². The number of anilines is 2. The fourth-order valence-electron chi connectivity index (χ4n) is 12.9. The Kier molecular flexibility index (Phi) is 24.3. The highest BCUT2D eigenvalue weighted by Gasteiger charge is 2.27. The van der Waals surface area contributed by atoms with Gasteiger partial charge in [-0.05, 0) is 230 Å². The smallest absolute Gasteiger partial charge is 0.406 e. The third-order valence-corrected chi connectivity index (χ3v) is 19.2. The van der Waals surface area contributed by atoms with Crippen LogP contribution in [-0.4, -0.2) is 33.4 Å². The van der Waals surface area contributed by atoms with E-state index in [0.717, 1.165) is 159 Å². The topological polar surface area (TPSA) is 61.0 Å². The first-order valence-corrected chi connectivity index (χ1v) is 35.1. The van der Waals surface area contributed by atoms with E-state index in [2.05, 4.69) is 254 Å². The van der Waals surface area contributed by atoms with Crippen LogP contribution in [0.5, 0.6) is 23.0 Å². The molecule has 0 amide bonds. The van der Waals surface area contributed by atoms with E-state index >= 15 is 0 Å². The van der Waals surface area contributed by atoms with Gasteiger partial charge >= 0.3 is 6.98 Å². The summed E-state index contributed by atoms with van der Waals surface area (Å²) >= 11 is 0. The molecule has 0 aromatic heterocycles. The predicted molar refractivity (Wildman–Crippen MR) is 391 cm³/mol. The fourth-order valence-corrected chi connectivity index (χ4v) is 12.9. The molecule has 91 heavy (non-hydrogen) atoms. The van der Waals surface area contributed by atoms with Gasteiger partial charge in [0, 0.05) is 16.8 Å². The first-order valence-electron chi connectivity index (χ1n) is 35.1. The van der Waals surface area contributed by atoms with E-state index in [0.29, 0.717) is 23.7 Å². The van der Waals surface area contributed by atoms with Crippen molar-refractivity contribution in [3.05, 3.63) is 188 Å². The molecule has 6 nitrogen and oxygen atoms in total. The minimum absolute atomic E-state index is 0.225. The molecule has 0 radical (unpaired) electrons. The highest BCUT2D eigenvalue weighted by molar-refractivity contribution is 6.80. The zero-order chi connectivity index (χ0) is 63.3. The first-order chi connectivity index (χ1) is 44.7. The molecular formula is C84H101BN2O4. The van der Waals surface area contributed by atoms with Crippen molar-refractivity contribution in [2.75, 3.05) is 36.9 Å².